The van der Waals surface area contributed by atoms with Crippen LogP contribution in [0.1, 0.15) is 5.56 Å². The average molecular weight is 286 g/mol. The summed E-state index contributed by atoms with van der Waals surface area (Å²) in [5.41, 5.74) is 1.98. The number of nitrogens with one attached hydrogen (secondary N) is 1. The van der Waals surface area contributed by atoms with Gasteiger partial charge in [0.25, 0.3) is 0 Å². The Morgan fingerprint density at radius 1 is 0.900 bits per heavy atom. The monoisotopic (exact) mass is 285 g/mol. The number of hydrogen-bond donors (Lipinski definition) is 1. The van der Waals surface area contributed by atoms with Crippen molar-refractivity contribution in [2.24, 2.45) is 0 Å². The van der Waals surface area contributed by atoms with E-state index in [1.165, 1.54) is 16.8 Å². The standard InChI is InChI=1S/C17H13ClFN/c18-16-9-12(5-8-17(16)19)11-20-15-7-6-13-3-1-2-4-14(13)10-15/h1-10,20H,11H2. The molecule has 0 atom stereocenters. The minimum atomic E-state index is -0.388. The molecular weight excluding hydrogens is 273 g/mol. The summed E-state index contributed by atoms with van der Waals surface area (Å²) in [6.45, 7) is 0.609. The van der Waals surface area contributed by atoms with Crippen molar-refractivity contribution in [2.45, 2.75) is 6.54 Å². The molecule has 0 amide bonds. The van der Waals surface area contributed by atoms with Crippen LogP contribution in [0.15, 0.2) is 60.7 Å². The molecular formula is C17H13ClFN. The van der Waals surface area contributed by atoms with Gasteiger partial charge in [0, 0.05) is 12.2 Å². The molecule has 3 heteroatoms. The summed E-state index contributed by atoms with van der Waals surface area (Å²) in [5.74, 6) is -0.388. The van der Waals surface area contributed by atoms with Crippen LogP contribution in [-0.2, 0) is 6.54 Å². The first kappa shape index (κ1) is 12.9. The highest BCUT2D eigenvalue weighted by Crippen LogP contribution is 2.20. The Morgan fingerprint density at radius 2 is 1.70 bits per heavy atom. The molecule has 20 heavy (non-hydrogen) atoms. The fraction of sp³-hybridized carbons (Fsp3) is 0.0588. The van der Waals surface area contributed by atoms with E-state index in [-0.39, 0.29) is 10.8 Å². The quantitative estimate of drug-likeness (QED) is 0.693. The topological polar surface area (TPSA) is 12.0 Å². The van der Waals surface area contributed by atoms with Crippen molar-refractivity contribution in [1.29, 1.82) is 0 Å². The molecule has 1 nitrogen and oxygen atoms in total. The van der Waals surface area contributed by atoms with Crippen LogP contribution in [0.5, 0.6) is 0 Å². The fourth-order valence-corrected chi connectivity index (χ4v) is 2.36. The predicted molar refractivity (Wildman–Crippen MR) is 82.7 cm³/mol. The molecule has 3 rings (SSSR count). The summed E-state index contributed by atoms with van der Waals surface area (Å²) < 4.78 is 13.1. The third-order valence-electron chi connectivity index (χ3n) is 3.23. The molecule has 0 saturated carbocycles. The number of fused-ring (bicyclic) bond motifs is 1. The van der Waals surface area contributed by atoms with Gasteiger partial charge in [0.1, 0.15) is 5.82 Å². The lowest BCUT2D eigenvalue weighted by Crippen LogP contribution is -1.99. The van der Waals surface area contributed by atoms with Gasteiger partial charge in [-0.2, -0.15) is 0 Å². The molecule has 0 aromatic heterocycles. The first-order valence-electron chi connectivity index (χ1n) is 6.39. The van der Waals surface area contributed by atoms with Crippen LogP contribution < -0.4 is 5.32 Å². The van der Waals surface area contributed by atoms with Gasteiger partial charge in [-0.05, 0) is 40.6 Å². The molecule has 0 heterocycles. The smallest absolute Gasteiger partial charge is 0.141 e. The zero-order valence-electron chi connectivity index (χ0n) is 10.7. The van der Waals surface area contributed by atoms with Gasteiger partial charge in [-0.1, -0.05) is 48.0 Å². The molecule has 0 aliphatic heterocycles. The maximum Gasteiger partial charge on any atom is 0.141 e. The maximum absolute atomic E-state index is 13.1. The molecule has 0 bridgehead atoms. The zero-order chi connectivity index (χ0) is 13.9. The molecule has 0 aliphatic rings. The molecule has 0 radical (unpaired) electrons. The first-order valence-corrected chi connectivity index (χ1v) is 6.77. The van der Waals surface area contributed by atoms with E-state index >= 15 is 0 Å². The van der Waals surface area contributed by atoms with Crippen LogP contribution in [0, 0.1) is 5.82 Å². The zero-order valence-corrected chi connectivity index (χ0v) is 11.5. The molecule has 0 spiro atoms. The SMILES string of the molecule is Fc1ccc(CNc2ccc3ccccc3c2)cc1Cl. The lowest BCUT2D eigenvalue weighted by atomic mass is 10.1. The lowest BCUT2D eigenvalue weighted by Gasteiger charge is -2.08. The summed E-state index contributed by atoms with van der Waals surface area (Å²) in [4.78, 5) is 0. The van der Waals surface area contributed by atoms with Gasteiger partial charge in [0.15, 0.2) is 0 Å². The molecule has 1 N–H and O–H groups in total. The largest absolute Gasteiger partial charge is 0.381 e. The van der Waals surface area contributed by atoms with Crippen LogP contribution in [0.25, 0.3) is 10.8 Å². The van der Waals surface area contributed by atoms with Crippen LogP contribution in [-0.4, -0.2) is 0 Å². The third kappa shape index (κ3) is 2.75. The van der Waals surface area contributed by atoms with E-state index in [4.69, 9.17) is 11.6 Å². The second-order valence-corrected chi connectivity index (χ2v) is 5.07. The van der Waals surface area contributed by atoms with Gasteiger partial charge >= 0.3 is 0 Å². The van der Waals surface area contributed by atoms with E-state index in [0.717, 1.165) is 11.3 Å². The number of rotatable bonds is 3. The van der Waals surface area contributed by atoms with E-state index in [1.807, 2.05) is 18.2 Å². The predicted octanol–water partition coefficient (Wildman–Crippen LogP) is 5.24. The van der Waals surface area contributed by atoms with Crippen molar-refractivity contribution in [3.8, 4) is 0 Å². The second kappa shape index (κ2) is 5.51. The van der Waals surface area contributed by atoms with E-state index in [0.29, 0.717) is 6.54 Å². The van der Waals surface area contributed by atoms with Crippen molar-refractivity contribution >= 4 is 28.1 Å². The highest BCUT2D eigenvalue weighted by molar-refractivity contribution is 6.30. The van der Waals surface area contributed by atoms with Crippen molar-refractivity contribution < 1.29 is 4.39 Å². The second-order valence-electron chi connectivity index (χ2n) is 4.66. The van der Waals surface area contributed by atoms with Gasteiger partial charge in [0.05, 0.1) is 5.02 Å². The highest BCUT2D eigenvalue weighted by atomic mass is 35.5. The first-order chi connectivity index (χ1) is 9.72. The van der Waals surface area contributed by atoms with Gasteiger partial charge in [0.2, 0.25) is 0 Å². The summed E-state index contributed by atoms with van der Waals surface area (Å²) >= 11 is 5.77. The number of halogens is 2. The Balaban J connectivity index is 1.77. The summed E-state index contributed by atoms with van der Waals surface area (Å²) in [7, 11) is 0. The van der Waals surface area contributed by atoms with Crippen molar-refractivity contribution in [3.05, 3.63) is 77.1 Å². The molecule has 0 fully saturated rings. The van der Waals surface area contributed by atoms with E-state index in [2.05, 4.69) is 29.6 Å². The van der Waals surface area contributed by atoms with E-state index in [9.17, 15) is 4.39 Å². The van der Waals surface area contributed by atoms with Crippen molar-refractivity contribution in [3.63, 3.8) is 0 Å². The number of benzene rings is 3. The van der Waals surface area contributed by atoms with Crippen LogP contribution in [0.4, 0.5) is 10.1 Å². The molecule has 0 saturated heterocycles. The highest BCUT2D eigenvalue weighted by Gasteiger charge is 2.01. The minimum absolute atomic E-state index is 0.155. The number of hydrogen-bond acceptors (Lipinski definition) is 1. The number of anilines is 1. The summed E-state index contributed by atoms with van der Waals surface area (Å²) in [6, 6.07) is 19.2. The Hall–Kier alpha value is -2.06. The third-order valence-corrected chi connectivity index (χ3v) is 3.52. The Labute approximate surface area is 122 Å². The Bertz CT molecular complexity index is 755. The average Bonchev–Trinajstić information content (AvgIpc) is 2.48. The Morgan fingerprint density at radius 3 is 2.50 bits per heavy atom. The minimum Gasteiger partial charge on any atom is -0.381 e. The van der Waals surface area contributed by atoms with E-state index in [1.54, 1.807) is 12.1 Å². The van der Waals surface area contributed by atoms with Crippen molar-refractivity contribution in [1.82, 2.24) is 0 Å². The molecule has 0 unspecified atom stereocenters. The van der Waals surface area contributed by atoms with Gasteiger partial charge in [-0.3, -0.25) is 0 Å². The normalized spacial score (nSPS) is 10.7. The van der Waals surface area contributed by atoms with Crippen molar-refractivity contribution in [2.75, 3.05) is 5.32 Å². The van der Waals surface area contributed by atoms with Crippen LogP contribution in [0.3, 0.4) is 0 Å². The maximum atomic E-state index is 13.1. The molecule has 100 valence electrons. The van der Waals surface area contributed by atoms with E-state index < -0.39 is 0 Å². The summed E-state index contributed by atoms with van der Waals surface area (Å²) in [5, 5.41) is 5.87. The van der Waals surface area contributed by atoms with Gasteiger partial charge in [-0.15, -0.1) is 0 Å². The van der Waals surface area contributed by atoms with Gasteiger partial charge in [-0.25, -0.2) is 4.39 Å². The molecule has 3 aromatic rings. The van der Waals surface area contributed by atoms with Gasteiger partial charge < -0.3 is 5.32 Å². The van der Waals surface area contributed by atoms with Crippen LogP contribution in [0.2, 0.25) is 5.02 Å². The summed E-state index contributed by atoms with van der Waals surface area (Å²) in [6.07, 6.45) is 0. The Kier molecular flexibility index (Phi) is 3.57. The molecule has 0 aliphatic carbocycles. The lowest BCUT2D eigenvalue weighted by molar-refractivity contribution is 0.627. The fourth-order valence-electron chi connectivity index (χ4n) is 2.15. The van der Waals surface area contributed by atoms with Crippen LogP contribution >= 0.6 is 11.6 Å². The molecule has 3 aromatic carbocycles.